The van der Waals surface area contributed by atoms with Gasteiger partial charge in [0, 0.05) is 13.0 Å². The molecule has 56 heavy (non-hydrogen) atoms. The van der Waals surface area contributed by atoms with Crippen LogP contribution in [-0.2, 0) is 38.3 Å². The number of hydrogen-bond acceptors (Lipinski definition) is 11. The van der Waals surface area contributed by atoms with E-state index >= 15 is 0 Å². The minimum atomic E-state index is -5.05. The van der Waals surface area contributed by atoms with E-state index in [1.165, 1.54) is 96.3 Å². The molecule has 12 nitrogen and oxygen atoms in total. The van der Waals surface area contributed by atoms with Gasteiger partial charge in [0.05, 0.1) is 19.8 Å². The lowest BCUT2D eigenvalue weighted by Gasteiger charge is -2.41. The van der Waals surface area contributed by atoms with Crippen LogP contribution in [0.2, 0.25) is 0 Å². The number of hydrogen-bond donors (Lipinski definition) is 4. The van der Waals surface area contributed by atoms with Crippen molar-refractivity contribution in [2.24, 2.45) is 0 Å². The molecule has 0 radical (unpaired) electrons. The van der Waals surface area contributed by atoms with Crippen LogP contribution in [0, 0.1) is 0 Å². The standard InChI is InChI=1S/C43H78O12S/c1-3-5-7-8-9-10-11-12-13-14-15-16-17-18-19-20-21-22-23-24-25-26-27-28-29-31-33-51-35-37(53-39(45)32-30-6-4-2)36-52-43-41(47)42(55-56(48,49)50)40(46)38(34-44)54-43/h11-12,14-15,17-18,37-38,40-44,46-47H,3-10,13,16,19-36H2,1-2H3,(H,48,49,50)/b12-11-,15-14-,18-17-. The highest BCUT2D eigenvalue weighted by Gasteiger charge is 2.48. The first-order valence-electron chi connectivity index (χ1n) is 21.7. The van der Waals surface area contributed by atoms with Crippen LogP contribution in [0.3, 0.4) is 0 Å². The smallest absolute Gasteiger partial charge is 0.397 e. The molecule has 0 bridgehead atoms. The van der Waals surface area contributed by atoms with Crippen LogP contribution in [0.5, 0.6) is 0 Å². The van der Waals surface area contributed by atoms with Crippen LogP contribution in [0.4, 0.5) is 0 Å². The first-order valence-corrected chi connectivity index (χ1v) is 23.1. The number of carbonyl (C=O) groups is 1. The molecule has 0 aliphatic carbocycles. The van der Waals surface area contributed by atoms with Gasteiger partial charge in [-0.3, -0.25) is 9.35 Å². The van der Waals surface area contributed by atoms with Crippen molar-refractivity contribution in [1.82, 2.24) is 0 Å². The van der Waals surface area contributed by atoms with E-state index in [-0.39, 0.29) is 19.6 Å². The Labute approximate surface area is 339 Å². The highest BCUT2D eigenvalue weighted by Crippen LogP contribution is 2.26. The highest BCUT2D eigenvalue weighted by molar-refractivity contribution is 7.80. The zero-order valence-electron chi connectivity index (χ0n) is 34.7. The minimum Gasteiger partial charge on any atom is -0.457 e. The van der Waals surface area contributed by atoms with Crippen molar-refractivity contribution in [3.63, 3.8) is 0 Å². The van der Waals surface area contributed by atoms with Gasteiger partial charge in [-0.15, -0.1) is 0 Å². The maximum atomic E-state index is 12.5. The summed E-state index contributed by atoms with van der Waals surface area (Å²) in [5.41, 5.74) is 0. The van der Waals surface area contributed by atoms with E-state index in [2.05, 4.69) is 47.6 Å². The summed E-state index contributed by atoms with van der Waals surface area (Å²) >= 11 is 0. The Balaban J connectivity index is 2.17. The number of rotatable bonds is 37. The third kappa shape index (κ3) is 28.7. The minimum absolute atomic E-state index is 0.0322. The molecule has 1 aliphatic heterocycles. The van der Waals surface area contributed by atoms with Gasteiger partial charge in [0.2, 0.25) is 0 Å². The molecule has 1 rings (SSSR count). The quantitative estimate of drug-likeness (QED) is 0.0203. The van der Waals surface area contributed by atoms with E-state index in [0.717, 1.165) is 44.9 Å². The SMILES string of the molecule is CCCCCCC/C=C\C/C=C\C/C=C\CCCCCCCCCCCCCOCC(COC1OC(CO)C(O)C(OS(=O)(=O)O)C1O)OC(=O)CCCCC. The molecule has 0 spiro atoms. The summed E-state index contributed by atoms with van der Waals surface area (Å²) in [6.45, 7) is 3.77. The topological polar surface area (TPSA) is 178 Å². The molecule has 328 valence electrons. The highest BCUT2D eigenvalue weighted by atomic mass is 32.3. The first kappa shape index (κ1) is 52.3. The van der Waals surface area contributed by atoms with E-state index in [1.54, 1.807) is 0 Å². The van der Waals surface area contributed by atoms with Crippen LogP contribution in [-0.4, -0.2) is 97.5 Å². The molecule has 0 saturated carbocycles. The fourth-order valence-electron chi connectivity index (χ4n) is 6.44. The summed E-state index contributed by atoms with van der Waals surface area (Å²) in [6.07, 6.45) is 31.6. The lowest BCUT2D eigenvalue weighted by molar-refractivity contribution is -0.301. The van der Waals surface area contributed by atoms with Crippen molar-refractivity contribution in [2.75, 3.05) is 26.4 Å². The third-order valence-corrected chi connectivity index (χ3v) is 10.2. The number of aliphatic hydroxyl groups is 3. The van der Waals surface area contributed by atoms with Crippen molar-refractivity contribution in [3.05, 3.63) is 36.5 Å². The maximum Gasteiger partial charge on any atom is 0.397 e. The average Bonchev–Trinajstić information content (AvgIpc) is 3.16. The van der Waals surface area contributed by atoms with Crippen LogP contribution in [0.1, 0.15) is 168 Å². The van der Waals surface area contributed by atoms with Gasteiger partial charge >= 0.3 is 16.4 Å². The van der Waals surface area contributed by atoms with Crippen molar-refractivity contribution < 1.29 is 56.2 Å². The van der Waals surface area contributed by atoms with Gasteiger partial charge in [0.25, 0.3) is 0 Å². The molecule has 4 N–H and O–H groups in total. The molecule has 1 aliphatic rings. The summed E-state index contributed by atoms with van der Waals surface area (Å²) in [7, 11) is -5.05. The van der Waals surface area contributed by atoms with E-state index in [9.17, 15) is 28.5 Å². The van der Waals surface area contributed by atoms with Gasteiger partial charge in [0.15, 0.2) is 6.29 Å². The van der Waals surface area contributed by atoms with E-state index < -0.39 is 59.8 Å². The molecule has 0 aromatic carbocycles. The molecule has 13 heteroatoms. The van der Waals surface area contributed by atoms with Crippen molar-refractivity contribution >= 4 is 16.4 Å². The lowest BCUT2D eigenvalue weighted by Crippen LogP contribution is -2.60. The summed E-state index contributed by atoms with van der Waals surface area (Å²) in [6, 6.07) is 0. The second-order valence-corrected chi connectivity index (χ2v) is 16.0. The molecule has 6 atom stereocenters. The normalized spacial score (nSPS) is 21.1. The fraction of sp³-hybridized carbons (Fsp3) is 0.837. The number of aliphatic hydroxyl groups excluding tert-OH is 3. The third-order valence-electron chi connectivity index (χ3n) is 9.77. The van der Waals surface area contributed by atoms with Crippen LogP contribution < -0.4 is 0 Å². The van der Waals surface area contributed by atoms with Gasteiger partial charge in [-0.25, -0.2) is 4.18 Å². The molecule has 0 amide bonds. The maximum absolute atomic E-state index is 12.5. The Morgan fingerprint density at radius 3 is 1.71 bits per heavy atom. The molecule has 6 unspecified atom stereocenters. The fourth-order valence-corrected chi connectivity index (χ4v) is 6.95. The number of unbranched alkanes of at least 4 members (excludes halogenated alkanes) is 18. The number of esters is 1. The molecule has 1 heterocycles. The second kappa shape index (κ2) is 35.3. The van der Waals surface area contributed by atoms with E-state index in [0.29, 0.717) is 13.0 Å². The van der Waals surface area contributed by atoms with Gasteiger partial charge in [0.1, 0.15) is 30.5 Å². The number of ether oxygens (including phenoxy) is 4. The first-order chi connectivity index (χ1) is 27.1. The van der Waals surface area contributed by atoms with Crippen molar-refractivity contribution in [2.45, 2.75) is 205 Å². The van der Waals surface area contributed by atoms with Crippen molar-refractivity contribution in [3.8, 4) is 0 Å². The summed E-state index contributed by atoms with van der Waals surface area (Å²) < 4.78 is 58.4. The number of carbonyl (C=O) groups excluding carboxylic acids is 1. The molecular formula is C43H78O12S. The Morgan fingerprint density at radius 1 is 0.679 bits per heavy atom. The molecule has 1 fully saturated rings. The van der Waals surface area contributed by atoms with Gasteiger partial charge in [-0.05, 0) is 51.4 Å². The van der Waals surface area contributed by atoms with Gasteiger partial charge < -0.3 is 34.3 Å². The van der Waals surface area contributed by atoms with Gasteiger partial charge in [-0.2, -0.15) is 8.42 Å². The lowest BCUT2D eigenvalue weighted by atomic mass is 9.99. The zero-order valence-corrected chi connectivity index (χ0v) is 35.5. The van der Waals surface area contributed by atoms with Crippen molar-refractivity contribution in [1.29, 1.82) is 0 Å². The van der Waals surface area contributed by atoms with E-state index in [4.69, 9.17) is 23.5 Å². The Bertz CT molecular complexity index is 1130. The van der Waals surface area contributed by atoms with Gasteiger partial charge in [-0.1, -0.05) is 147 Å². The largest absolute Gasteiger partial charge is 0.457 e. The Morgan fingerprint density at radius 2 is 1.18 bits per heavy atom. The average molecular weight is 819 g/mol. The number of allylic oxidation sites excluding steroid dienone is 6. The summed E-state index contributed by atoms with van der Waals surface area (Å²) in [4.78, 5) is 12.5. The second-order valence-electron chi connectivity index (χ2n) is 14.9. The molecule has 0 aromatic rings. The Hall–Kier alpha value is -1.68. The zero-order chi connectivity index (χ0) is 41.1. The van der Waals surface area contributed by atoms with Crippen LogP contribution >= 0.6 is 0 Å². The van der Waals surface area contributed by atoms with Crippen LogP contribution in [0.25, 0.3) is 0 Å². The molecular weight excluding hydrogens is 741 g/mol. The summed E-state index contributed by atoms with van der Waals surface area (Å²) in [5, 5.41) is 30.4. The summed E-state index contributed by atoms with van der Waals surface area (Å²) in [5.74, 6) is -0.425. The van der Waals surface area contributed by atoms with E-state index in [1.807, 2.05) is 6.92 Å². The predicted octanol–water partition coefficient (Wildman–Crippen LogP) is 8.63. The Kier molecular flexibility index (Phi) is 33.0. The monoisotopic (exact) mass is 819 g/mol. The molecule has 0 aromatic heterocycles. The predicted molar refractivity (Wildman–Crippen MR) is 220 cm³/mol. The molecule has 1 saturated heterocycles. The van der Waals surface area contributed by atoms with Crippen LogP contribution in [0.15, 0.2) is 36.5 Å².